The lowest BCUT2D eigenvalue weighted by Crippen LogP contribution is -2.46. The van der Waals surface area contributed by atoms with Gasteiger partial charge in [0.25, 0.3) is 0 Å². The van der Waals surface area contributed by atoms with E-state index in [4.69, 9.17) is 30.4 Å². The zero-order chi connectivity index (χ0) is 30.1. The van der Waals surface area contributed by atoms with Crippen molar-refractivity contribution in [2.75, 3.05) is 0 Å². The molecule has 1 aliphatic carbocycles. The number of rotatable bonds is 12. The molecule has 0 aliphatic heterocycles. The van der Waals surface area contributed by atoms with Crippen molar-refractivity contribution < 1.29 is 33.3 Å². The van der Waals surface area contributed by atoms with E-state index in [2.05, 4.69) is 0 Å². The Kier molecular flexibility index (Phi) is 10.3. The number of nitrogens with two attached hydrogens (primary N) is 2. The van der Waals surface area contributed by atoms with Crippen LogP contribution in [0.5, 0.6) is 11.5 Å². The number of hydrogen-bond acceptors (Lipinski definition) is 9. The molecule has 1 fully saturated rings. The van der Waals surface area contributed by atoms with Gasteiger partial charge in [-0.3, -0.25) is 0 Å². The van der Waals surface area contributed by atoms with Gasteiger partial charge in [-0.15, -0.1) is 0 Å². The highest BCUT2D eigenvalue weighted by Gasteiger charge is 2.33. The molecule has 4 N–H and O–H groups in total. The van der Waals surface area contributed by atoms with Crippen molar-refractivity contribution in [2.45, 2.75) is 76.3 Å². The molecule has 9 heteroatoms. The highest BCUT2D eigenvalue weighted by atomic mass is 16.6. The van der Waals surface area contributed by atoms with Gasteiger partial charge in [0, 0.05) is 6.42 Å². The van der Waals surface area contributed by atoms with Gasteiger partial charge >= 0.3 is 17.9 Å². The lowest BCUT2D eigenvalue weighted by atomic mass is 9.98. The molecule has 1 saturated carbocycles. The van der Waals surface area contributed by atoms with E-state index >= 15 is 0 Å². The van der Waals surface area contributed by atoms with Crippen molar-refractivity contribution in [2.24, 2.45) is 11.5 Å². The molecule has 4 rings (SSSR count). The topological polar surface area (TPSA) is 140 Å². The first-order valence-corrected chi connectivity index (χ1v) is 14.1. The van der Waals surface area contributed by atoms with Gasteiger partial charge in [0.1, 0.15) is 35.9 Å². The number of ether oxygens (including phenoxy) is 4. The first kappa shape index (κ1) is 30.7. The third-order valence-electron chi connectivity index (χ3n) is 6.98. The molecule has 0 saturated heterocycles. The largest absolute Gasteiger partial charge is 0.461 e. The summed E-state index contributed by atoms with van der Waals surface area (Å²) < 4.78 is 22.2. The van der Waals surface area contributed by atoms with Crippen molar-refractivity contribution in [3.8, 4) is 11.5 Å². The molecule has 222 valence electrons. The fourth-order valence-corrected chi connectivity index (χ4v) is 4.71. The van der Waals surface area contributed by atoms with Crippen LogP contribution in [-0.4, -0.2) is 35.7 Å². The molecule has 0 amide bonds. The first-order valence-electron chi connectivity index (χ1n) is 14.1. The molecule has 1 aliphatic rings. The van der Waals surface area contributed by atoms with Gasteiger partial charge in [-0.25, -0.2) is 14.4 Å². The normalized spacial score (nSPS) is 15.0. The Morgan fingerprint density at radius 2 is 1.38 bits per heavy atom. The maximum Gasteiger partial charge on any atom is 0.335 e. The van der Waals surface area contributed by atoms with Gasteiger partial charge in [-0.2, -0.15) is 0 Å². The highest BCUT2D eigenvalue weighted by Crippen LogP contribution is 2.26. The van der Waals surface area contributed by atoms with Crippen LogP contribution >= 0.6 is 0 Å². The minimum Gasteiger partial charge on any atom is -0.461 e. The van der Waals surface area contributed by atoms with Crippen molar-refractivity contribution >= 4 is 17.9 Å². The van der Waals surface area contributed by atoms with Crippen LogP contribution in [0.25, 0.3) is 0 Å². The average Bonchev–Trinajstić information content (AvgIpc) is 3.49. The summed E-state index contributed by atoms with van der Waals surface area (Å²) in [5.41, 5.74) is 13.4. The first-order chi connectivity index (χ1) is 20.1. The van der Waals surface area contributed by atoms with E-state index in [9.17, 15) is 14.4 Å². The van der Waals surface area contributed by atoms with Crippen molar-refractivity contribution in [3.05, 3.63) is 95.6 Å². The van der Waals surface area contributed by atoms with Gasteiger partial charge in [0.15, 0.2) is 0 Å². The standard InChI is InChI=1S/C33H38N2O7/c1-33(2,42-32(38)29(35)31(37)41-25-10-6-7-11-25)20-22-12-16-26(17-13-22)40-27-18-14-24(15-19-27)28(34)30(36)39-21-23-8-4-3-5-9-23/h3-5,8-9,12-19,25,28-29H,6-7,10-11,20-21,34-35H2,1-2H3/t28-,29?/m0/s1. The number of carbonyl (C=O) groups excluding carboxylic acids is 3. The SMILES string of the molecule is CC(C)(Cc1ccc(Oc2ccc([C@H](N)C(=O)OCc3ccccc3)cc2)cc1)OC(=O)C(N)C(=O)OC1CCCC1. The molecular weight excluding hydrogens is 536 g/mol. The van der Waals surface area contributed by atoms with Crippen molar-refractivity contribution in [3.63, 3.8) is 0 Å². The zero-order valence-corrected chi connectivity index (χ0v) is 24.0. The Hall–Kier alpha value is -4.21. The van der Waals surface area contributed by atoms with Crippen LogP contribution in [0.4, 0.5) is 0 Å². The fourth-order valence-electron chi connectivity index (χ4n) is 4.71. The number of esters is 3. The predicted octanol–water partition coefficient (Wildman–Crippen LogP) is 4.90. The summed E-state index contributed by atoms with van der Waals surface area (Å²) in [5.74, 6) is -0.894. The molecule has 0 aromatic heterocycles. The van der Waals surface area contributed by atoms with Crippen LogP contribution in [0, 0.1) is 0 Å². The maximum atomic E-state index is 12.5. The van der Waals surface area contributed by atoms with Gasteiger partial charge in [0.05, 0.1) is 0 Å². The van der Waals surface area contributed by atoms with E-state index in [-0.39, 0.29) is 12.7 Å². The van der Waals surface area contributed by atoms with E-state index in [1.807, 2.05) is 42.5 Å². The van der Waals surface area contributed by atoms with Crippen LogP contribution in [0.1, 0.15) is 62.3 Å². The molecule has 0 radical (unpaired) electrons. The lowest BCUT2D eigenvalue weighted by molar-refractivity contribution is -0.167. The summed E-state index contributed by atoms with van der Waals surface area (Å²) in [7, 11) is 0. The van der Waals surface area contributed by atoms with E-state index in [0.717, 1.165) is 36.8 Å². The zero-order valence-electron chi connectivity index (χ0n) is 24.0. The van der Waals surface area contributed by atoms with Crippen LogP contribution in [0.3, 0.4) is 0 Å². The molecule has 0 spiro atoms. The molecule has 0 heterocycles. The van der Waals surface area contributed by atoms with Crippen LogP contribution < -0.4 is 16.2 Å². The van der Waals surface area contributed by atoms with Crippen molar-refractivity contribution in [1.82, 2.24) is 0 Å². The Balaban J connectivity index is 1.25. The Morgan fingerprint density at radius 1 is 0.786 bits per heavy atom. The minimum absolute atomic E-state index is 0.159. The smallest absolute Gasteiger partial charge is 0.335 e. The molecular formula is C33H38N2O7. The molecule has 1 unspecified atom stereocenters. The molecule has 2 atom stereocenters. The van der Waals surface area contributed by atoms with Crippen LogP contribution in [-0.2, 0) is 41.6 Å². The number of benzene rings is 3. The summed E-state index contributed by atoms with van der Waals surface area (Å²) in [6, 6.07) is 21.3. The molecule has 9 nitrogen and oxygen atoms in total. The van der Waals surface area contributed by atoms with E-state index in [0.29, 0.717) is 23.5 Å². The number of carbonyl (C=O) groups is 3. The number of hydrogen-bond donors (Lipinski definition) is 2. The lowest BCUT2D eigenvalue weighted by Gasteiger charge is -2.27. The Morgan fingerprint density at radius 3 is 2.00 bits per heavy atom. The highest BCUT2D eigenvalue weighted by molar-refractivity contribution is 5.99. The monoisotopic (exact) mass is 574 g/mol. The van der Waals surface area contributed by atoms with Crippen LogP contribution in [0.2, 0.25) is 0 Å². The van der Waals surface area contributed by atoms with Crippen LogP contribution in [0.15, 0.2) is 78.9 Å². The van der Waals surface area contributed by atoms with Gasteiger partial charge in [-0.05, 0) is 80.5 Å². The summed E-state index contributed by atoms with van der Waals surface area (Å²) in [6.07, 6.45) is 3.83. The van der Waals surface area contributed by atoms with Gasteiger partial charge in [-0.1, -0.05) is 54.6 Å². The Bertz CT molecular complexity index is 1340. The average molecular weight is 575 g/mol. The van der Waals surface area contributed by atoms with E-state index < -0.39 is 35.6 Å². The van der Waals surface area contributed by atoms with E-state index in [1.54, 1.807) is 50.2 Å². The summed E-state index contributed by atoms with van der Waals surface area (Å²) in [6.45, 7) is 3.68. The molecule has 3 aromatic rings. The third kappa shape index (κ3) is 8.89. The predicted molar refractivity (Wildman–Crippen MR) is 156 cm³/mol. The molecule has 42 heavy (non-hydrogen) atoms. The second kappa shape index (κ2) is 14.1. The third-order valence-corrected chi connectivity index (χ3v) is 6.98. The van der Waals surface area contributed by atoms with Crippen molar-refractivity contribution in [1.29, 1.82) is 0 Å². The second-order valence-corrected chi connectivity index (χ2v) is 11.1. The molecule has 0 bridgehead atoms. The van der Waals surface area contributed by atoms with E-state index in [1.165, 1.54) is 0 Å². The quantitative estimate of drug-likeness (QED) is 0.176. The maximum absolute atomic E-state index is 12.5. The fraction of sp³-hybridized carbons (Fsp3) is 0.364. The molecule has 3 aromatic carbocycles. The minimum atomic E-state index is -1.47. The summed E-state index contributed by atoms with van der Waals surface area (Å²) >= 11 is 0. The summed E-state index contributed by atoms with van der Waals surface area (Å²) in [4.78, 5) is 37.1. The summed E-state index contributed by atoms with van der Waals surface area (Å²) in [5, 5.41) is 0. The second-order valence-electron chi connectivity index (χ2n) is 11.1. The van der Waals surface area contributed by atoms with Gasteiger partial charge < -0.3 is 30.4 Å². The van der Waals surface area contributed by atoms with Gasteiger partial charge in [0.2, 0.25) is 6.04 Å². The Labute approximate surface area is 246 Å².